The molecule has 0 unspecified atom stereocenters. The van der Waals surface area contributed by atoms with E-state index in [1.807, 2.05) is 12.1 Å². The van der Waals surface area contributed by atoms with Crippen LogP contribution in [0, 0.1) is 0 Å². The minimum atomic E-state index is -0.0515. The molecule has 0 bridgehead atoms. The van der Waals surface area contributed by atoms with Crippen LogP contribution in [0.5, 0.6) is 5.75 Å². The monoisotopic (exact) mass is 329 g/mol. The zero-order chi connectivity index (χ0) is 17.4. The van der Waals surface area contributed by atoms with Crippen LogP contribution >= 0.6 is 0 Å². The predicted octanol–water partition coefficient (Wildman–Crippen LogP) is 4.76. The Bertz CT molecular complexity index is 558. The number of carbonyl (C=O) groups excluding carboxylic acids is 1. The lowest BCUT2D eigenvalue weighted by Crippen LogP contribution is -2.30. The van der Waals surface area contributed by atoms with E-state index in [1.165, 1.54) is 36.8 Å². The van der Waals surface area contributed by atoms with Crippen LogP contribution < -0.4 is 10.1 Å². The van der Waals surface area contributed by atoms with Crippen LogP contribution in [0.4, 0.5) is 0 Å². The minimum absolute atomic E-state index is 0.0515. The van der Waals surface area contributed by atoms with Crippen LogP contribution in [-0.4, -0.2) is 19.1 Å². The second-order valence-electron chi connectivity index (χ2n) is 7.26. The number of hydrogen-bond acceptors (Lipinski definition) is 2. The summed E-state index contributed by atoms with van der Waals surface area (Å²) < 4.78 is 5.58. The first-order valence-electron chi connectivity index (χ1n) is 9.19. The normalized spacial score (nSPS) is 14.9. The first-order valence-corrected chi connectivity index (χ1v) is 9.19. The Morgan fingerprint density at radius 2 is 1.96 bits per heavy atom. The topological polar surface area (TPSA) is 38.3 Å². The zero-order valence-corrected chi connectivity index (χ0v) is 15.4. The second kappa shape index (κ2) is 8.91. The fourth-order valence-corrected chi connectivity index (χ4v) is 2.90. The largest absolute Gasteiger partial charge is 0.484 e. The summed E-state index contributed by atoms with van der Waals surface area (Å²) in [6.45, 7) is 7.45. The van der Waals surface area contributed by atoms with E-state index in [1.54, 1.807) is 0 Å². The Kier molecular flexibility index (Phi) is 6.89. The minimum Gasteiger partial charge on any atom is -0.484 e. The van der Waals surface area contributed by atoms with Gasteiger partial charge in [-0.05, 0) is 61.6 Å². The highest BCUT2D eigenvalue weighted by atomic mass is 16.5. The summed E-state index contributed by atoms with van der Waals surface area (Å²) in [6, 6.07) is 8.08. The van der Waals surface area contributed by atoms with Crippen LogP contribution in [0.25, 0.3) is 0 Å². The zero-order valence-electron chi connectivity index (χ0n) is 15.4. The lowest BCUT2D eigenvalue weighted by molar-refractivity contribution is -0.123. The van der Waals surface area contributed by atoms with Crippen LogP contribution in [0.2, 0.25) is 0 Å². The van der Waals surface area contributed by atoms with Crippen molar-refractivity contribution in [2.75, 3.05) is 13.2 Å². The number of allylic oxidation sites excluding steroid dienone is 1. The highest BCUT2D eigenvalue weighted by Gasteiger charge is 2.17. The maximum atomic E-state index is 11.9. The van der Waals surface area contributed by atoms with E-state index in [-0.39, 0.29) is 17.9 Å². The molecule has 1 N–H and O–H groups in total. The first-order chi connectivity index (χ1) is 11.5. The molecule has 0 atom stereocenters. The van der Waals surface area contributed by atoms with Crippen LogP contribution in [0.15, 0.2) is 35.9 Å². The predicted molar refractivity (Wildman–Crippen MR) is 99.4 cm³/mol. The van der Waals surface area contributed by atoms with Crippen LogP contribution in [0.1, 0.15) is 64.9 Å². The number of hydrogen-bond donors (Lipinski definition) is 1. The summed E-state index contributed by atoms with van der Waals surface area (Å²) in [6.07, 6.45) is 9.35. The molecule has 0 aliphatic heterocycles. The molecule has 0 fully saturated rings. The maximum Gasteiger partial charge on any atom is 0.257 e. The van der Waals surface area contributed by atoms with Gasteiger partial charge in [-0.3, -0.25) is 4.79 Å². The van der Waals surface area contributed by atoms with Crippen molar-refractivity contribution in [1.29, 1.82) is 0 Å². The van der Waals surface area contributed by atoms with Gasteiger partial charge in [0.1, 0.15) is 5.75 Å². The van der Waals surface area contributed by atoms with Gasteiger partial charge in [-0.15, -0.1) is 0 Å². The number of benzene rings is 1. The average molecular weight is 329 g/mol. The van der Waals surface area contributed by atoms with Crippen molar-refractivity contribution in [3.8, 4) is 5.75 Å². The summed E-state index contributed by atoms with van der Waals surface area (Å²) in [5.41, 5.74) is 2.95. The Morgan fingerprint density at radius 1 is 1.21 bits per heavy atom. The van der Waals surface area contributed by atoms with Gasteiger partial charge in [0.15, 0.2) is 6.61 Å². The van der Waals surface area contributed by atoms with Crippen LogP contribution in [0.3, 0.4) is 0 Å². The first kappa shape index (κ1) is 18.6. The molecule has 0 heterocycles. The van der Waals surface area contributed by atoms with Gasteiger partial charge in [0.2, 0.25) is 0 Å². The van der Waals surface area contributed by atoms with E-state index in [0.29, 0.717) is 6.54 Å². The van der Waals surface area contributed by atoms with Crippen molar-refractivity contribution in [2.24, 2.45) is 0 Å². The molecule has 132 valence electrons. The molecule has 3 heteroatoms. The molecule has 1 amide bonds. The van der Waals surface area contributed by atoms with Gasteiger partial charge in [0.05, 0.1) is 0 Å². The molecule has 0 aromatic heterocycles. The fourth-order valence-electron chi connectivity index (χ4n) is 2.90. The lowest BCUT2D eigenvalue weighted by Gasteiger charge is -2.23. The third-order valence-corrected chi connectivity index (χ3v) is 5.04. The molecule has 1 aliphatic carbocycles. The molecule has 3 nitrogen and oxygen atoms in total. The van der Waals surface area contributed by atoms with E-state index in [2.05, 4.69) is 44.3 Å². The number of amides is 1. The molecule has 0 spiro atoms. The third kappa shape index (κ3) is 5.70. The summed E-state index contributed by atoms with van der Waals surface area (Å²) in [5.74, 6) is 0.695. The number of rotatable bonds is 8. The van der Waals surface area contributed by atoms with Crippen molar-refractivity contribution >= 4 is 5.91 Å². The molecule has 1 aromatic rings. The van der Waals surface area contributed by atoms with E-state index in [4.69, 9.17) is 4.74 Å². The third-order valence-electron chi connectivity index (χ3n) is 5.04. The van der Waals surface area contributed by atoms with Gasteiger partial charge >= 0.3 is 0 Å². The fraction of sp³-hybridized carbons (Fsp3) is 0.571. The molecule has 1 aliphatic rings. The van der Waals surface area contributed by atoms with Crippen molar-refractivity contribution < 1.29 is 9.53 Å². The Balaban J connectivity index is 1.70. The van der Waals surface area contributed by atoms with E-state index >= 15 is 0 Å². The summed E-state index contributed by atoms with van der Waals surface area (Å²) in [7, 11) is 0. The van der Waals surface area contributed by atoms with E-state index in [0.717, 1.165) is 18.6 Å². The Morgan fingerprint density at radius 3 is 2.58 bits per heavy atom. The summed E-state index contributed by atoms with van der Waals surface area (Å²) in [4.78, 5) is 11.9. The molecule has 2 rings (SSSR count). The standard InChI is InChI=1S/C21H31NO2/c1-4-21(2,3)18-10-12-19(13-11-18)24-16-20(23)22-15-14-17-8-6-5-7-9-17/h8,10-13H,4-7,9,14-16H2,1-3H3,(H,22,23). The molecular weight excluding hydrogens is 298 g/mol. The number of carbonyl (C=O) groups is 1. The SMILES string of the molecule is CCC(C)(C)c1ccc(OCC(=O)NCCC2=CCCCC2)cc1. The maximum absolute atomic E-state index is 11.9. The molecule has 0 radical (unpaired) electrons. The van der Waals surface area contributed by atoms with Gasteiger partial charge < -0.3 is 10.1 Å². The summed E-state index contributed by atoms with van der Waals surface area (Å²) in [5, 5.41) is 2.94. The Hall–Kier alpha value is -1.77. The molecule has 24 heavy (non-hydrogen) atoms. The quantitative estimate of drug-likeness (QED) is 0.698. The van der Waals surface area contributed by atoms with Gasteiger partial charge in [-0.25, -0.2) is 0 Å². The van der Waals surface area contributed by atoms with Crippen molar-refractivity contribution in [3.63, 3.8) is 0 Å². The molecule has 1 aromatic carbocycles. The lowest BCUT2D eigenvalue weighted by atomic mass is 9.82. The summed E-state index contributed by atoms with van der Waals surface area (Å²) >= 11 is 0. The van der Waals surface area contributed by atoms with Crippen LogP contribution in [-0.2, 0) is 10.2 Å². The number of ether oxygens (including phenoxy) is 1. The Labute approximate surface area is 146 Å². The van der Waals surface area contributed by atoms with Crippen molar-refractivity contribution in [1.82, 2.24) is 5.32 Å². The van der Waals surface area contributed by atoms with Gasteiger partial charge in [0.25, 0.3) is 5.91 Å². The molecular formula is C21H31NO2. The van der Waals surface area contributed by atoms with E-state index < -0.39 is 0 Å². The average Bonchev–Trinajstić information content (AvgIpc) is 2.61. The highest BCUT2D eigenvalue weighted by Crippen LogP contribution is 2.28. The van der Waals surface area contributed by atoms with Crippen molar-refractivity contribution in [3.05, 3.63) is 41.5 Å². The molecule has 0 saturated heterocycles. The smallest absolute Gasteiger partial charge is 0.257 e. The van der Waals surface area contributed by atoms with Gasteiger partial charge in [-0.2, -0.15) is 0 Å². The van der Waals surface area contributed by atoms with E-state index in [9.17, 15) is 4.79 Å². The number of nitrogens with one attached hydrogen (secondary N) is 1. The second-order valence-corrected chi connectivity index (χ2v) is 7.26. The van der Waals surface area contributed by atoms with Gasteiger partial charge in [0, 0.05) is 6.54 Å². The molecule has 0 saturated carbocycles. The van der Waals surface area contributed by atoms with Crippen molar-refractivity contribution in [2.45, 2.75) is 64.7 Å². The van der Waals surface area contributed by atoms with Gasteiger partial charge in [-0.1, -0.05) is 44.6 Å². The highest BCUT2D eigenvalue weighted by molar-refractivity contribution is 5.77.